The van der Waals surface area contributed by atoms with Gasteiger partial charge in [-0.25, -0.2) is 9.78 Å². The third kappa shape index (κ3) is 1.90. The second-order valence-corrected chi connectivity index (χ2v) is 5.25. The molecule has 1 N–H and O–H groups in total. The second kappa shape index (κ2) is 3.58. The lowest BCUT2D eigenvalue weighted by molar-refractivity contribution is 0.0688. The summed E-state index contributed by atoms with van der Waals surface area (Å²) in [5.41, 5.74) is 2.54. The summed E-state index contributed by atoms with van der Waals surface area (Å²) in [5, 5.41) is 9.19. The molecule has 0 unspecified atom stereocenters. The van der Waals surface area contributed by atoms with E-state index in [0.29, 0.717) is 11.3 Å². The Morgan fingerprint density at radius 3 is 2.53 bits per heavy atom. The van der Waals surface area contributed by atoms with E-state index in [0.717, 1.165) is 5.56 Å². The van der Waals surface area contributed by atoms with E-state index in [4.69, 9.17) is 0 Å². The van der Waals surface area contributed by atoms with Gasteiger partial charge in [-0.15, -0.1) is 0 Å². The molecule has 2 rings (SSSR count). The van der Waals surface area contributed by atoms with Crippen LogP contribution < -0.4 is 0 Å². The van der Waals surface area contributed by atoms with E-state index in [2.05, 4.69) is 25.8 Å². The Balaban J connectivity index is 2.75. The molecule has 0 spiro atoms. The lowest BCUT2D eigenvalue weighted by Crippen LogP contribution is -2.13. The maximum atomic E-state index is 11.2. The number of hydrogen-bond donors (Lipinski definition) is 1. The van der Waals surface area contributed by atoms with Crippen molar-refractivity contribution >= 4 is 11.6 Å². The van der Waals surface area contributed by atoms with Gasteiger partial charge in [-0.1, -0.05) is 26.8 Å². The molecule has 17 heavy (non-hydrogen) atoms. The molecule has 0 atom stereocenters. The molecule has 0 radical (unpaired) electrons. The van der Waals surface area contributed by atoms with Crippen LogP contribution >= 0.6 is 0 Å². The Morgan fingerprint density at radius 1 is 1.35 bits per heavy atom. The number of hydrogen-bond acceptors (Lipinski definition) is 2. The highest BCUT2D eigenvalue weighted by Crippen LogP contribution is 2.23. The number of fused-ring (bicyclic) bond motifs is 1. The summed E-state index contributed by atoms with van der Waals surface area (Å²) in [6.07, 6.45) is 1.86. The number of carbonyl (C=O) groups is 1. The highest BCUT2D eigenvalue weighted by molar-refractivity contribution is 5.88. The molecule has 0 bridgehead atoms. The zero-order valence-electron chi connectivity index (χ0n) is 10.5. The summed E-state index contributed by atoms with van der Waals surface area (Å²) in [7, 11) is 0. The molecule has 0 saturated carbocycles. The van der Waals surface area contributed by atoms with Gasteiger partial charge < -0.3 is 5.11 Å². The minimum absolute atomic E-state index is 0.0118. The predicted molar refractivity (Wildman–Crippen MR) is 65.6 cm³/mol. The summed E-state index contributed by atoms with van der Waals surface area (Å²) in [5.74, 6) is -0.943. The molecular weight excluding hydrogens is 216 g/mol. The van der Waals surface area contributed by atoms with E-state index < -0.39 is 5.97 Å². The Morgan fingerprint density at radius 2 is 2.00 bits per heavy atom. The molecule has 2 aromatic rings. The van der Waals surface area contributed by atoms with Crippen molar-refractivity contribution in [1.29, 1.82) is 0 Å². The van der Waals surface area contributed by atoms with Gasteiger partial charge in [-0.3, -0.25) is 4.40 Å². The average Bonchev–Trinajstić information content (AvgIpc) is 2.50. The number of imidazole rings is 1. The summed E-state index contributed by atoms with van der Waals surface area (Å²) in [4.78, 5) is 15.4. The number of nitrogens with zero attached hydrogens (tertiary/aromatic N) is 2. The number of aromatic nitrogens is 2. The molecule has 0 aliphatic carbocycles. The van der Waals surface area contributed by atoms with Crippen molar-refractivity contribution in [2.45, 2.75) is 33.1 Å². The van der Waals surface area contributed by atoms with Crippen molar-refractivity contribution in [1.82, 2.24) is 9.38 Å². The van der Waals surface area contributed by atoms with Gasteiger partial charge in [-0.2, -0.15) is 0 Å². The lowest BCUT2D eigenvalue weighted by Gasteiger charge is -2.19. The van der Waals surface area contributed by atoms with Gasteiger partial charge in [0.1, 0.15) is 5.65 Å². The number of pyridine rings is 1. The van der Waals surface area contributed by atoms with E-state index in [-0.39, 0.29) is 11.1 Å². The molecule has 4 heteroatoms. The third-order valence-corrected chi connectivity index (χ3v) is 2.86. The van der Waals surface area contributed by atoms with Crippen LogP contribution in [0.5, 0.6) is 0 Å². The first-order valence-electron chi connectivity index (χ1n) is 5.53. The van der Waals surface area contributed by atoms with Crippen LogP contribution in [-0.2, 0) is 5.41 Å². The molecule has 90 valence electrons. The van der Waals surface area contributed by atoms with E-state index in [1.165, 1.54) is 0 Å². The number of carboxylic acid groups (broad SMARTS) is 1. The van der Waals surface area contributed by atoms with Gasteiger partial charge in [0.05, 0.1) is 5.69 Å². The van der Waals surface area contributed by atoms with Crippen LogP contribution in [0.15, 0.2) is 18.3 Å². The Bertz CT molecular complexity index is 591. The molecule has 2 aromatic heterocycles. The normalized spacial score (nSPS) is 12.0. The number of aromatic carboxylic acids is 1. The minimum atomic E-state index is -0.943. The Hall–Kier alpha value is -1.84. The van der Waals surface area contributed by atoms with Crippen LogP contribution in [0.2, 0.25) is 0 Å². The quantitative estimate of drug-likeness (QED) is 0.822. The van der Waals surface area contributed by atoms with Gasteiger partial charge >= 0.3 is 5.97 Å². The van der Waals surface area contributed by atoms with Crippen molar-refractivity contribution in [3.63, 3.8) is 0 Å². The summed E-state index contributed by atoms with van der Waals surface area (Å²) in [6, 6.07) is 3.85. The van der Waals surface area contributed by atoms with Crippen molar-refractivity contribution in [3.8, 4) is 0 Å². The molecule has 0 aliphatic heterocycles. The van der Waals surface area contributed by atoms with Crippen molar-refractivity contribution in [3.05, 3.63) is 35.3 Å². The zero-order chi connectivity index (χ0) is 12.8. The predicted octanol–water partition coefficient (Wildman–Crippen LogP) is 2.64. The topological polar surface area (TPSA) is 54.6 Å². The fourth-order valence-electron chi connectivity index (χ4n) is 1.86. The van der Waals surface area contributed by atoms with Crippen LogP contribution in [0.4, 0.5) is 0 Å². The van der Waals surface area contributed by atoms with Crippen LogP contribution in [0, 0.1) is 6.92 Å². The fourth-order valence-corrected chi connectivity index (χ4v) is 1.86. The highest BCUT2D eigenvalue weighted by atomic mass is 16.4. The van der Waals surface area contributed by atoms with Gasteiger partial charge in [0, 0.05) is 6.20 Å². The van der Waals surface area contributed by atoms with Gasteiger partial charge in [0.2, 0.25) is 0 Å². The molecule has 2 heterocycles. The Labute approximate surface area is 99.9 Å². The largest absolute Gasteiger partial charge is 0.477 e. The molecule has 4 nitrogen and oxygen atoms in total. The summed E-state index contributed by atoms with van der Waals surface area (Å²) >= 11 is 0. The molecular formula is C13H16N2O2. The average molecular weight is 232 g/mol. The summed E-state index contributed by atoms with van der Waals surface area (Å²) in [6.45, 7) is 8.00. The van der Waals surface area contributed by atoms with Crippen LogP contribution in [-0.4, -0.2) is 20.5 Å². The minimum Gasteiger partial charge on any atom is -0.477 e. The molecule has 0 aromatic carbocycles. The fraction of sp³-hybridized carbons (Fsp3) is 0.385. The van der Waals surface area contributed by atoms with E-state index >= 15 is 0 Å². The molecule has 0 saturated heterocycles. The molecule has 0 amide bonds. The molecule has 0 fully saturated rings. The first-order valence-corrected chi connectivity index (χ1v) is 5.53. The number of aryl methyl sites for hydroxylation is 1. The van der Waals surface area contributed by atoms with Crippen molar-refractivity contribution in [2.75, 3.05) is 0 Å². The maximum Gasteiger partial charge on any atom is 0.354 e. The third-order valence-electron chi connectivity index (χ3n) is 2.86. The number of carboxylic acids is 1. The first kappa shape index (κ1) is 11.6. The smallest absolute Gasteiger partial charge is 0.354 e. The van der Waals surface area contributed by atoms with E-state index in [1.807, 2.05) is 18.3 Å². The van der Waals surface area contributed by atoms with Crippen LogP contribution in [0.3, 0.4) is 0 Å². The second-order valence-electron chi connectivity index (χ2n) is 5.25. The van der Waals surface area contributed by atoms with E-state index in [9.17, 15) is 9.90 Å². The van der Waals surface area contributed by atoms with Gasteiger partial charge in [0.15, 0.2) is 5.69 Å². The van der Waals surface area contributed by atoms with Crippen molar-refractivity contribution < 1.29 is 9.90 Å². The molecule has 0 aliphatic rings. The van der Waals surface area contributed by atoms with E-state index in [1.54, 1.807) is 11.3 Å². The van der Waals surface area contributed by atoms with Gasteiger partial charge in [-0.05, 0) is 24.0 Å². The SMILES string of the molecule is Cc1nc2ccc(C(C)(C)C)cn2c1C(=O)O. The monoisotopic (exact) mass is 232 g/mol. The van der Waals surface area contributed by atoms with Crippen molar-refractivity contribution in [2.24, 2.45) is 0 Å². The lowest BCUT2D eigenvalue weighted by atomic mass is 9.88. The first-order chi connectivity index (χ1) is 7.80. The highest BCUT2D eigenvalue weighted by Gasteiger charge is 2.19. The number of rotatable bonds is 1. The van der Waals surface area contributed by atoms with Crippen LogP contribution in [0.1, 0.15) is 42.5 Å². The van der Waals surface area contributed by atoms with Crippen LogP contribution in [0.25, 0.3) is 5.65 Å². The zero-order valence-corrected chi connectivity index (χ0v) is 10.5. The maximum absolute atomic E-state index is 11.2. The summed E-state index contributed by atoms with van der Waals surface area (Å²) < 4.78 is 1.65. The Kier molecular flexibility index (Phi) is 2.45. The standard InChI is InChI=1S/C13H16N2O2/c1-8-11(12(16)17)15-7-9(13(2,3)4)5-6-10(15)14-8/h5-7H,1-4H3,(H,16,17). The van der Waals surface area contributed by atoms with Gasteiger partial charge in [0.25, 0.3) is 0 Å².